The Labute approximate surface area is 102 Å². The summed E-state index contributed by atoms with van der Waals surface area (Å²) in [4.78, 5) is 13.6. The molecule has 1 heterocycles. The fraction of sp³-hybridized carbons (Fsp3) is 0.818. The Kier molecular flexibility index (Phi) is 6.21. The van der Waals surface area contributed by atoms with Crippen LogP contribution in [0.2, 0.25) is 0 Å². The number of amidine groups is 1. The molecule has 0 aromatic rings. The second-order valence-corrected chi connectivity index (χ2v) is 4.33. The summed E-state index contributed by atoms with van der Waals surface area (Å²) in [5, 5.41) is 14.1. The molecule has 2 amide bonds. The van der Waals surface area contributed by atoms with Gasteiger partial charge in [0.15, 0.2) is 0 Å². The third kappa shape index (κ3) is 5.42. The normalized spacial score (nSPS) is 17.6. The van der Waals surface area contributed by atoms with Crippen molar-refractivity contribution in [2.75, 3.05) is 19.6 Å². The number of carbonyl (C=O) groups excluding carboxylic acids is 1. The first-order valence-corrected chi connectivity index (χ1v) is 6.23. The van der Waals surface area contributed by atoms with E-state index in [1.807, 2.05) is 4.90 Å². The molecule has 0 aromatic heterocycles. The van der Waals surface area contributed by atoms with Gasteiger partial charge in [-0.25, -0.2) is 4.79 Å². The number of amides is 2. The highest BCUT2D eigenvalue weighted by Gasteiger charge is 2.14. The summed E-state index contributed by atoms with van der Waals surface area (Å²) in [5.41, 5.74) is 5.33. The van der Waals surface area contributed by atoms with Gasteiger partial charge >= 0.3 is 6.03 Å². The van der Waals surface area contributed by atoms with Gasteiger partial charge in [0.1, 0.15) is 5.84 Å². The third-order valence-corrected chi connectivity index (χ3v) is 2.91. The topological polar surface area (TPSA) is 91.0 Å². The largest absolute Gasteiger partial charge is 0.409 e. The van der Waals surface area contributed by atoms with Gasteiger partial charge in [0.2, 0.25) is 0 Å². The molecule has 1 aliphatic heterocycles. The molecular formula is C11H22N4O2. The quantitative estimate of drug-likeness (QED) is 0.227. The third-order valence-electron chi connectivity index (χ3n) is 2.91. The van der Waals surface area contributed by atoms with E-state index in [1.165, 1.54) is 12.8 Å². The molecule has 1 fully saturated rings. The van der Waals surface area contributed by atoms with Crippen molar-refractivity contribution >= 4 is 11.9 Å². The highest BCUT2D eigenvalue weighted by atomic mass is 16.4. The van der Waals surface area contributed by atoms with Crippen molar-refractivity contribution in [3.8, 4) is 0 Å². The van der Waals surface area contributed by atoms with Crippen LogP contribution < -0.4 is 11.1 Å². The summed E-state index contributed by atoms with van der Waals surface area (Å²) < 4.78 is 0. The van der Waals surface area contributed by atoms with Crippen LogP contribution in [-0.2, 0) is 0 Å². The SMILES string of the molecule is NC(CCCNC(=O)N1CCCCCC1)=NO. The highest BCUT2D eigenvalue weighted by molar-refractivity contribution is 5.79. The monoisotopic (exact) mass is 242 g/mol. The van der Waals surface area contributed by atoms with Crippen LogP contribution in [0.3, 0.4) is 0 Å². The molecule has 98 valence electrons. The lowest BCUT2D eigenvalue weighted by atomic mass is 10.2. The number of urea groups is 1. The fourth-order valence-electron chi connectivity index (χ4n) is 1.90. The van der Waals surface area contributed by atoms with Crippen LogP contribution in [0.4, 0.5) is 4.79 Å². The zero-order chi connectivity index (χ0) is 12.5. The van der Waals surface area contributed by atoms with Crippen molar-refractivity contribution in [3.63, 3.8) is 0 Å². The molecule has 6 nitrogen and oxygen atoms in total. The number of rotatable bonds is 4. The van der Waals surface area contributed by atoms with E-state index in [0.717, 1.165) is 25.9 Å². The maximum Gasteiger partial charge on any atom is 0.317 e. The van der Waals surface area contributed by atoms with Gasteiger partial charge in [-0.05, 0) is 19.3 Å². The predicted octanol–water partition coefficient (Wildman–Crippen LogP) is 1.10. The van der Waals surface area contributed by atoms with Crippen LogP contribution in [0.15, 0.2) is 5.16 Å². The molecule has 1 rings (SSSR count). The van der Waals surface area contributed by atoms with Crippen LogP contribution in [0.1, 0.15) is 38.5 Å². The number of hydrogen-bond donors (Lipinski definition) is 3. The average molecular weight is 242 g/mol. The van der Waals surface area contributed by atoms with E-state index < -0.39 is 0 Å². The van der Waals surface area contributed by atoms with E-state index in [1.54, 1.807) is 0 Å². The van der Waals surface area contributed by atoms with Gasteiger partial charge in [0.05, 0.1) is 0 Å². The summed E-state index contributed by atoms with van der Waals surface area (Å²) in [5.74, 6) is 0.203. The number of nitrogens with two attached hydrogens (primary N) is 1. The molecule has 0 aromatic carbocycles. The Balaban J connectivity index is 2.15. The van der Waals surface area contributed by atoms with Crippen LogP contribution in [0.5, 0.6) is 0 Å². The molecule has 1 aliphatic rings. The smallest absolute Gasteiger partial charge is 0.317 e. The lowest BCUT2D eigenvalue weighted by Crippen LogP contribution is -2.40. The molecule has 0 unspecified atom stereocenters. The predicted molar refractivity (Wildman–Crippen MR) is 66.1 cm³/mol. The molecule has 0 atom stereocenters. The lowest BCUT2D eigenvalue weighted by Gasteiger charge is -2.20. The molecule has 0 bridgehead atoms. The van der Waals surface area contributed by atoms with Gasteiger partial charge < -0.3 is 21.2 Å². The zero-order valence-electron chi connectivity index (χ0n) is 10.2. The summed E-state index contributed by atoms with van der Waals surface area (Å²) >= 11 is 0. The maximum absolute atomic E-state index is 11.8. The molecular weight excluding hydrogens is 220 g/mol. The second-order valence-electron chi connectivity index (χ2n) is 4.33. The summed E-state index contributed by atoms with van der Waals surface area (Å²) in [6, 6.07) is 0.00593. The van der Waals surface area contributed by atoms with Crippen LogP contribution in [0, 0.1) is 0 Å². The Morgan fingerprint density at radius 2 is 1.94 bits per heavy atom. The van der Waals surface area contributed by atoms with E-state index in [2.05, 4.69) is 10.5 Å². The van der Waals surface area contributed by atoms with Crippen LogP contribution >= 0.6 is 0 Å². The highest BCUT2D eigenvalue weighted by Crippen LogP contribution is 2.09. The van der Waals surface area contributed by atoms with Crippen molar-refractivity contribution in [1.82, 2.24) is 10.2 Å². The Morgan fingerprint density at radius 3 is 2.53 bits per heavy atom. The van der Waals surface area contributed by atoms with Crippen LogP contribution in [-0.4, -0.2) is 41.6 Å². The van der Waals surface area contributed by atoms with Gasteiger partial charge in [-0.15, -0.1) is 0 Å². The van der Waals surface area contributed by atoms with Crippen molar-refractivity contribution in [2.24, 2.45) is 10.9 Å². The van der Waals surface area contributed by atoms with Gasteiger partial charge in [0.25, 0.3) is 0 Å². The van der Waals surface area contributed by atoms with Crippen molar-refractivity contribution in [1.29, 1.82) is 0 Å². The molecule has 0 saturated carbocycles. The average Bonchev–Trinajstić information content (AvgIpc) is 2.62. The van der Waals surface area contributed by atoms with E-state index >= 15 is 0 Å². The van der Waals surface area contributed by atoms with Gasteiger partial charge in [-0.1, -0.05) is 18.0 Å². The van der Waals surface area contributed by atoms with Gasteiger partial charge in [-0.2, -0.15) is 0 Å². The molecule has 0 aliphatic carbocycles. The molecule has 1 saturated heterocycles. The van der Waals surface area contributed by atoms with Gasteiger partial charge in [-0.3, -0.25) is 0 Å². The number of hydrogen-bond acceptors (Lipinski definition) is 3. The van der Waals surface area contributed by atoms with Crippen molar-refractivity contribution in [3.05, 3.63) is 0 Å². The first kappa shape index (κ1) is 13.6. The number of oxime groups is 1. The number of likely N-dealkylation sites (tertiary alicyclic amines) is 1. The molecule has 0 spiro atoms. The summed E-state index contributed by atoms with van der Waals surface area (Å²) in [6.45, 7) is 2.27. The standard InChI is InChI=1S/C11H22N4O2/c12-10(14-17)6-5-7-13-11(16)15-8-3-1-2-4-9-15/h17H,1-9H2,(H2,12,14)(H,13,16). The lowest BCUT2D eigenvalue weighted by molar-refractivity contribution is 0.200. The van der Waals surface area contributed by atoms with Crippen LogP contribution in [0.25, 0.3) is 0 Å². The Morgan fingerprint density at radius 1 is 1.29 bits per heavy atom. The van der Waals surface area contributed by atoms with E-state index in [4.69, 9.17) is 10.9 Å². The Hall–Kier alpha value is -1.46. The first-order valence-electron chi connectivity index (χ1n) is 6.23. The summed E-state index contributed by atoms with van der Waals surface area (Å²) in [7, 11) is 0. The van der Waals surface area contributed by atoms with E-state index in [-0.39, 0.29) is 11.9 Å². The number of carbonyl (C=O) groups is 1. The molecule has 0 radical (unpaired) electrons. The zero-order valence-corrected chi connectivity index (χ0v) is 10.2. The van der Waals surface area contributed by atoms with E-state index in [9.17, 15) is 4.79 Å². The van der Waals surface area contributed by atoms with Crippen molar-refractivity contribution < 1.29 is 10.0 Å². The summed E-state index contributed by atoms with van der Waals surface area (Å²) in [6.07, 6.45) is 5.81. The number of nitrogens with zero attached hydrogens (tertiary/aromatic N) is 2. The minimum absolute atomic E-state index is 0.00593. The minimum atomic E-state index is 0.00593. The Bertz CT molecular complexity index is 260. The van der Waals surface area contributed by atoms with Crippen molar-refractivity contribution in [2.45, 2.75) is 38.5 Å². The van der Waals surface area contributed by atoms with Gasteiger partial charge in [0, 0.05) is 26.1 Å². The molecule has 17 heavy (non-hydrogen) atoms. The minimum Gasteiger partial charge on any atom is -0.409 e. The first-order chi connectivity index (χ1) is 8.24. The molecule has 4 N–H and O–H groups in total. The maximum atomic E-state index is 11.8. The molecule has 6 heteroatoms. The fourth-order valence-corrected chi connectivity index (χ4v) is 1.90. The number of nitrogens with one attached hydrogen (secondary N) is 1. The second kappa shape index (κ2) is 7.76. The van der Waals surface area contributed by atoms with E-state index in [0.29, 0.717) is 19.4 Å².